The number of ether oxygens (including phenoxy) is 1. The number of benzene rings is 2. The van der Waals surface area contributed by atoms with Gasteiger partial charge in [0.2, 0.25) is 0 Å². The van der Waals surface area contributed by atoms with Crippen molar-refractivity contribution in [3.63, 3.8) is 0 Å². The van der Waals surface area contributed by atoms with E-state index in [-0.39, 0.29) is 27.9 Å². The van der Waals surface area contributed by atoms with E-state index >= 15 is 0 Å². The van der Waals surface area contributed by atoms with Crippen LogP contribution in [0.15, 0.2) is 46.3 Å². The summed E-state index contributed by atoms with van der Waals surface area (Å²) in [7, 11) is -3.71. The van der Waals surface area contributed by atoms with E-state index in [1.165, 1.54) is 18.2 Å². The van der Waals surface area contributed by atoms with Gasteiger partial charge in [-0.25, -0.2) is 8.42 Å². The minimum Gasteiger partial charge on any atom is -0.455 e. The molecular formula is C18H19N3O4S. The Kier molecular flexibility index (Phi) is 4.45. The minimum atomic E-state index is -3.71. The number of amides is 1. The van der Waals surface area contributed by atoms with Crippen molar-refractivity contribution >= 4 is 21.7 Å². The molecular weight excluding hydrogens is 354 g/mol. The van der Waals surface area contributed by atoms with Crippen LogP contribution in [-0.4, -0.2) is 20.3 Å². The van der Waals surface area contributed by atoms with Crippen LogP contribution in [0.5, 0.6) is 11.5 Å². The molecule has 0 atom stereocenters. The number of hydrogen-bond acceptors (Lipinski definition) is 4. The quantitative estimate of drug-likeness (QED) is 0.615. The maximum atomic E-state index is 12.9. The molecule has 0 saturated carbocycles. The molecule has 0 spiro atoms. The topological polar surface area (TPSA) is 125 Å². The van der Waals surface area contributed by atoms with Gasteiger partial charge in [-0.1, -0.05) is 32.0 Å². The highest BCUT2D eigenvalue weighted by Crippen LogP contribution is 2.41. The van der Waals surface area contributed by atoms with Gasteiger partial charge in [-0.3, -0.25) is 4.79 Å². The summed E-state index contributed by atoms with van der Waals surface area (Å²) in [6, 6.07) is 9.60. The number of fused-ring (bicyclic) bond motifs is 2. The summed E-state index contributed by atoms with van der Waals surface area (Å²) in [5, 5.41) is 0. The molecule has 0 unspecified atom stereocenters. The Morgan fingerprint density at radius 3 is 2.58 bits per heavy atom. The maximum absolute atomic E-state index is 12.9. The monoisotopic (exact) mass is 373 g/mol. The summed E-state index contributed by atoms with van der Waals surface area (Å²) in [6.45, 7) is 4.02. The molecule has 7 nitrogen and oxygen atoms in total. The molecule has 1 heterocycles. The molecule has 3 rings (SSSR count). The van der Waals surface area contributed by atoms with E-state index in [0.29, 0.717) is 11.3 Å². The number of para-hydroxylation sites is 1. The van der Waals surface area contributed by atoms with Gasteiger partial charge in [0.05, 0.1) is 5.75 Å². The normalized spacial score (nSPS) is 14.6. The van der Waals surface area contributed by atoms with Gasteiger partial charge < -0.3 is 16.2 Å². The highest BCUT2D eigenvalue weighted by molar-refractivity contribution is 7.90. The van der Waals surface area contributed by atoms with Gasteiger partial charge in [-0.05, 0) is 29.7 Å². The van der Waals surface area contributed by atoms with Crippen molar-refractivity contribution < 1.29 is 17.9 Å². The number of carbonyl (C=O) groups excluding carboxylic acids is 1. The number of hydrogen-bond donors (Lipinski definition) is 2. The predicted octanol–water partition coefficient (Wildman–Crippen LogP) is 2.30. The zero-order chi connectivity index (χ0) is 19.1. The first-order valence-electron chi connectivity index (χ1n) is 7.99. The summed E-state index contributed by atoms with van der Waals surface area (Å²) >= 11 is 0. The van der Waals surface area contributed by atoms with Gasteiger partial charge in [0, 0.05) is 11.1 Å². The van der Waals surface area contributed by atoms with Crippen LogP contribution in [0.3, 0.4) is 0 Å². The second-order valence-electron chi connectivity index (χ2n) is 6.35. The maximum Gasteiger partial charge on any atom is 0.280 e. The summed E-state index contributed by atoms with van der Waals surface area (Å²) in [5.74, 6) is -0.427. The lowest BCUT2D eigenvalue weighted by atomic mass is 9.99. The zero-order valence-corrected chi connectivity index (χ0v) is 15.2. The second-order valence-corrected chi connectivity index (χ2v) is 8.31. The van der Waals surface area contributed by atoms with Crippen LogP contribution in [0.1, 0.15) is 41.3 Å². The minimum absolute atomic E-state index is 0.0555. The zero-order valence-electron chi connectivity index (χ0n) is 14.4. The molecule has 2 aromatic rings. The van der Waals surface area contributed by atoms with Crippen molar-refractivity contribution in [1.82, 2.24) is 0 Å². The van der Waals surface area contributed by atoms with Crippen LogP contribution in [-0.2, 0) is 15.6 Å². The number of nitrogens with two attached hydrogens (primary N) is 2. The average molecular weight is 373 g/mol. The van der Waals surface area contributed by atoms with Crippen LogP contribution in [0.25, 0.3) is 0 Å². The molecule has 1 aliphatic heterocycles. The van der Waals surface area contributed by atoms with Crippen LogP contribution in [0.2, 0.25) is 0 Å². The van der Waals surface area contributed by atoms with Gasteiger partial charge in [0.1, 0.15) is 16.4 Å². The van der Waals surface area contributed by atoms with Crippen molar-refractivity contribution in [2.75, 3.05) is 0 Å². The smallest absolute Gasteiger partial charge is 0.280 e. The van der Waals surface area contributed by atoms with E-state index in [4.69, 9.17) is 16.2 Å². The first kappa shape index (κ1) is 17.9. The highest BCUT2D eigenvalue weighted by atomic mass is 32.2. The Morgan fingerprint density at radius 1 is 1.19 bits per heavy atom. The molecule has 8 heteroatoms. The third kappa shape index (κ3) is 3.28. The van der Waals surface area contributed by atoms with Gasteiger partial charge >= 0.3 is 0 Å². The summed E-state index contributed by atoms with van der Waals surface area (Å²) in [6.07, 6.45) is 0. The number of guanidine groups is 1. The van der Waals surface area contributed by atoms with Gasteiger partial charge in [-0.2, -0.15) is 4.99 Å². The lowest BCUT2D eigenvalue weighted by Crippen LogP contribution is -2.24. The Balaban J connectivity index is 2.17. The molecule has 2 aromatic carbocycles. The number of aliphatic imine (C=N–C) groups is 1. The van der Waals surface area contributed by atoms with E-state index in [0.717, 1.165) is 5.56 Å². The second kappa shape index (κ2) is 6.45. The fourth-order valence-corrected chi connectivity index (χ4v) is 4.36. The van der Waals surface area contributed by atoms with Crippen molar-refractivity contribution in [2.45, 2.75) is 30.4 Å². The Bertz CT molecular complexity index is 1020. The van der Waals surface area contributed by atoms with Gasteiger partial charge in [0.15, 0.2) is 15.8 Å². The first-order valence-corrected chi connectivity index (χ1v) is 9.64. The molecule has 0 bridgehead atoms. The van der Waals surface area contributed by atoms with Crippen molar-refractivity contribution in [1.29, 1.82) is 0 Å². The molecule has 4 N–H and O–H groups in total. The van der Waals surface area contributed by atoms with Gasteiger partial charge in [-0.15, -0.1) is 0 Å². The Labute approximate surface area is 151 Å². The average Bonchev–Trinajstić information content (AvgIpc) is 2.66. The number of sulfone groups is 1. The lowest BCUT2D eigenvalue weighted by molar-refractivity contribution is 0.100. The lowest BCUT2D eigenvalue weighted by Gasteiger charge is -2.15. The summed E-state index contributed by atoms with van der Waals surface area (Å²) in [5.41, 5.74) is 12.0. The molecule has 0 aliphatic carbocycles. The number of nitrogens with zero attached hydrogens (tertiary/aromatic N) is 1. The summed E-state index contributed by atoms with van der Waals surface area (Å²) in [4.78, 5) is 15.4. The van der Waals surface area contributed by atoms with Gasteiger partial charge in [0.25, 0.3) is 5.91 Å². The first-order chi connectivity index (χ1) is 12.2. The fourth-order valence-electron chi connectivity index (χ4n) is 2.84. The molecule has 0 saturated heterocycles. The SMILES string of the molecule is CC(C)c1cccc2c1Oc1ccc(C(=O)N=C(N)N)cc1S(=O)(=O)C2. The highest BCUT2D eigenvalue weighted by Gasteiger charge is 2.29. The van der Waals surface area contributed by atoms with Crippen LogP contribution in [0.4, 0.5) is 0 Å². The van der Waals surface area contributed by atoms with Crippen molar-refractivity contribution in [3.8, 4) is 11.5 Å². The Hall–Kier alpha value is -2.87. The molecule has 0 radical (unpaired) electrons. The van der Waals surface area contributed by atoms with E-state index in [1.807, 2.05) is 26.0 Å². The predicted molar refractivity (Wildman–Crippen MR) is 98.1 cm³/mol. The van der Waals surface area contributed by atoms with E-state index in [1.54, 1.807) is 6.07 Å². The Morgan fingerprint density at radius 2 is 1.92 bits per heavy atom. The van der Waals surface area contributed by atoms with E-state index in [9.17, 15) is 13.2 Å². The molecule has 0 fully saturated rings. The largest absolute Gasteiger partial charge is 0.455 e. The van der Waals surface area contributed by atoms with Crippen molar-refractivity contribution in [3.05, 3.63) is 53.1 Å². The molecule has 1 amide bonds. The molecule has 1 aliphatic rings. The molecule has 136 valence electrons. The third-order valence-corrected chi connectivity index (χ3v) is 5.74. The number of rotatable bonds is 2. The summed E-state index contributed by atoms with van der Waals surface area (Å²) < 4.78 is 31.7. The van der Waals surface area contributed by atoms with Crippen LogP contribution >= 0.6 is 0 Å². The van der Waals surface area contributed by atoms with E-state index in [2.05, 4.69) is 4.99 Å². The third-order valence-electron chi connectivity index (χ3n) is 4.06. The number of carbonyl (C=O) groups is 1. The molecule has 26 heavy (non-hydrogen) atoms. The van der Waals surface area contributed by atoms with Crippen molar-refractivity contribution in [2.24, 2.45) is 16.5 Å². The fraction of sp³-hybridized carbons (Fsp3) is 0.222. The van der Waals surface area contributed by atoms with Crippen LogP contribution < -0.4 is 16.2 Å². The standard InChI is InChI=1S/C18H19N3O4S/c1-10(2)13-5-3-4-12-9-26(23,24)15-8-11(17(22)21-18(19)20)6-7-14(15)25-16(12)13/h3-8,10H,9H2,1-2H3,(H4,19,20,21,22). The van der Waals surface area contributed by atoms with E-state index < -0.39 is 21.7 Å². The van der Waals surface area contributed by atoms with Crippen LogP contribution in [0, 0.1) is 0 Å². The molecule has 0 aromatic heterocycles.